The average molecular weight is 281 g/mol. The molecule has 0 radical (unpaired) electrons. The van der Waals surface area contributed by atoms with Gasteiger partial charge in [-0.05, 0) is 30.5 Å². The van der Waals surface area contributed by atoms with Crippen molar-refractivity contribution in [1.29, 1.82) is 0 Å². The van der Waals surface area contributed by atoms with Crippen LogP contribution in [-0.2, 0) is 0 Å². The maximum absolute atomic E-state index is 13.7. The minimum absolute atomic E-state index is 0.0442. The Bertz CT molecular complexity index is 598. The average Bonchev–Trinajstić information content (AvgIpc) is 2.71. The van der Waals surface area contributed by atoms with Gasteiger partial charge >= 0.3 is 0 Å². The zero-order chi connectivity index (χ0) is 14.9. The molecule has 0 aliphatic rings. The smallest absolute Gasteiger partial charge is 0.170 e. The summed E-state index contributed by atoms with van der Waals surface area (Å²) in [6.07, 6.45) is 0.996. The van der Waals surface area contributed by atoms with Crippen LogP contribution in [0.1, 0.15) is 45.9 Å². The molecule has 0 aliphatic carbocycles. The lowest BCUT2D eigenvalue weighted by molar-refractivity contribution is 0.241. The van der Waals surface area contributed by atoms with Crippen LogP contribution in [0.4, 0.5) is 8.78 Å². The van der Waals surface area contributed by atoms with Gasteiger partial charge in [0, 0.05) is 11.5 Å². The number of benzene rings is 1. The fourth-order valence-electron chi connectivity index (χ4n) is 2.36. The van der Waals surface area contributed by atoms with Gasteiger partial charge in [-0.15, -0.1) is 0 Å². The van der Waals surface area contributed by atoms with Crippen molar-refractivity contribution in [3.8, 4) is 0 Å². The zero-order valence-electron chi connectivity index (χ0n) is 12.4. The van der Waals surface area contributed by atoms with Crippen LogP contribution in [0.3, 0.4) is 0 Å². The van der Waals surface area contributed by atoms with Crippen molar-refractivity contribution in [1.82, 2.24) is 5.32 Å². The minimum Gasteiger partial charge on any atom is -0.456 e. The topological polar surface area (TPSA) is 25.2 Å². The molecule has 1 atom stereocenters. The molecular formula is C16H21F2NO. The Morgan fingerprint density at radius 3 is 2.50 bits per heavy atom. The van der Waals surface area contributed by atoms with Crippen LogP contribution in [0, 0.1) is 17.0 Å². The van der Waals surface area contributed by atoms with E-state index in [4.69, 9.17) is 4.42 Å². The number of halogens is 2. The zero-order valence-corrected chi connectivity index (χ0v) is 12.4. The molecule has 2 nitrogen and oxygen atoms in total. The lowest BCUT2D eigenvalue weighted by Crippen LogP contribution is -2.32. The highest BCUT2D eigenvalue weighted by molar-refractivity contribution is 5.78. The molecule has 1 N–H and O–H groups in total. The van der Waals surface area contributed by atoms with Crippen molar-refractivity contribution in [3.63, 3.8) is 0 Å². The molecule has 0 spiro atoms. The number of furan rings is 1. The first-order chi connectivity index (χ1) is 9.32. The second kappa shape index (κ2) is 5.52. The van der Waals surface area contributed by atoms with E-state index in [-0.39, 0.29) is 17.0 Å². The van der Waals surface area contributed by atoms with Crippen molar-refractivity contribution in [2.75, 3.05) is 6.54 Å². The Kier molecular flexibility index (Phi) is 4.14. The third-order valence-corrected chi connectivity index (χ3v) is 3.30. The Morgan fingerprint density at radius 1 is 1.20 bits per heavy atom. The van der Waals surface area contributed by atoms with Crippen LogP contribution in [-0.4, -0.2) is 6.54 Å². The molecule has 1 aromatic heterocycles. The maximum atomic E-state index is 13.7. The number of hydrogen-bond acceptors (Lipinski definition) is 2. The fraction of sp³-hybridized carbons (Fsp3) is 0.500. The van der Waals surface area contributed by atoms with Gasteiger partial charge in [-0.25, -0.2) is 8.78 Å². The largest absolute Gasteiger partial charge is 0.456 e. The summed E-state index contributed by atoms with van der Waals surface area (Å²) in [4.78, 5) is 0. The van der Waals surface area contributed by atoms with E-state index in [9.17, 15) is 8.78 Å². The van der Waals surface area contributed by atoms with E-state index in [1.54, 1.807) is 6.07 Å². The highest BCUT2D eigenvalue weighted by Gasteiger charge is 2.29. The summed E-state index contributed by atoms with van der Waals surface area (Å²) in [6, 6.07) is 3.82. The monoisotopic (exact) mass is 281 g/mol. The second-order valence-corrected chi connectivity index (χ2v) is 6.21. The van der Waals surface area contributed by atoms with Crippen LogP contribution >= 0.6 is 0 Å². The third kappa shape index (κ3) is 3.01. The van der Waals surface area contributed by atoms with E-state index < -0.39 is 11.6 Å². The SMILES string of the molecule is CCCNC(c1cc2cc(F)cc(F)c2o1)C(C)(C)C. The molecule has 0 amide bonds. The maximum Gasteiger partial charge on any atom is 0.170 e. The van der Waals surface area contributed by atoms with Gasteiger partial charge in [-0.1, -0.05) is 27.7 Å². The van der Waals surface area contributed by atoms with Crippen LogP contribution in [0.15, 0.2) is 22.6 Å². The summed E-state index contributed by atoms with van der Waals surface area (Å²) in [6.45, 7) is 9.19. The van der Waals surface area contributed by atoms with Crippen molar-refractivity contribution >= 4 is 11.0 Å². The van der Waals surface area contributed by atoms with Crippen LogP contribution in [0.2, 0.25) is 0 Å². The van der Waals surface area contributed by atoms with Gasteiger partial charge in [0.05, 0.1) is 6.04 Å². The number of nitrogens with one attached hydrogen (secondary N) is 1. The molecule has 0 bridgehead atoms. The Labute approximate surface area is 118 Å². The summed E-state index contributed by atoms with van der Waals surface area (Å²) in [5.41, 5.74) is 0.0341. The normalized spacial score (nSPS) is 13.9. The summed E-state index contributed by atoms with van der Waals surface area (Å²) < 4.78 is 32.6. The van der Waals surface area contributed by atoms with Crippen molar-refractivity contribution in [2.45, 2.75) is 40.2 Å². The lowest BCUT2D eigenvalue weighted by atomic mass is 9.85. The fourth-order valence-corrected chi connectivity index (χ4v) is 2.36. The van der Waals surface area contributed by atoms with Gasteiger partial charge in [0.2, 0.25) is 0 Å². The first-order valence-corrected chi connectivity index (χ1v) is 6.94. The van der Waals surface area contributed by atoms with Gasteiger partial charge in [0.25, 0.3) is 0 Å². The molecule has 0 saturated carbocycles. The van der Waals surface area contributed by atoms with E-state index in [1.807, 2.05) is 0 Å². The minimum atomic E-state index is -0.658. The molecular weight excluding hydrogens is 260 g/mol. The van der Waals surface area contributed by atoms with E-state index in [1.165, 1.54) is 6.07 Å². The standard InChI is InChI=1S/C16H21F2NO/c1-5-6-19-15(16(2,3)4)13-8-10-7-11(17)9-12(18)14(10)20-13/h7-9,15,19H,5-6H2,1-4H3. The molecule has 110 valence electrons. The lowest BCUT2D eigenvalue weighted by Gasteiger charge is -2.29. The molecule has 0 saturated heterocycles. The number of rotatable bonds is 4. The van der Waals surface area contributed by atoms with Gasteiger partial charge in [-0.2, -0.15) is 0 Å². The number of fused-ring (bicyclic) bond motifs is 1. The van der Waals surface area contributed by atoms with Crippen molar-refractivity contribution < 1.29 is 13.2 Å². The highest BCUT2D eigenvalue weighted by Crippen LogP contribution is 2.36. The summed E-state index contributed by atoms with van der Waals surface area (Å²) in [5, 5.41) is 3.87. The summed E-state index contributed by atoms with van der Waals surface area (Å²) in [7, 11) is 0. The predicted octanol–water partition coefficient (Wildman–Crippen LogP) is 4.80. The van der Waals surface area contributed by atoms with E-state index >= 15 is 0 Å². The van der Waals surface area contributed by atoms with Gasteiger partial charge in [-0.3, -0.25) is 0 Å². The molecule has 1 heterocycles. The van der Waals surface area contributed by atoms with Crippen LogP contribution < -0.4 is 5.32 Å². The molecule has 1 aromatic carbocycles. The Hall–Kier alpha value is -1.42. The summed E-state index contributed by atoms with van der Waals surface area (Å²) in [5.74, 6) is -0.601. The quantitative estimate of drug-likeness (QED) is 0.871. The molecule has 1 unspecified atom stereocenters. The molecule has 2 rings (SSSR count). The van der Waals surface area contributed by atoms with Crippen LogP contribution in [0.5, 0.6) is 0 Å². The van der Waals surface area contributed by atoms with Gasteiger partial charge < -0.3 is 9.73 Å². The first kappa shape index (κ1) is 15.0. The Balaban J connectivity index is 2.46. The second-order valence-electron chi connectivity index (χ2n) is 6.21. The predicted molar refractivity (Wildman–Crippen MR) is 76.6 cm³/mol. The van der Waals surface area contributed by atoms with Gasteiger partial charge in [0.1, 0.15) is 11.6 Å². The number of hydrogen-bond donors (Lipinski definition) is 1. The molecule has 0 aliphatic heterocycles. The van der Waals surface area contributed by atoms with Crippen molar-refractivity contribution in [2.24, 2.45) is 5.41 Å². The van der Waals surface area contributed by atoms with Gasteiger partial charge in [0.15, 0.2) is 11.4 Å². The van der Waals surface area contributed by atoms with Crippen LogP contribution in [0.25, 0.3) is 11.0 Å². The molecule has 0 fully saturated rings. The molecule has 20 heavy (non-hydrogen) atoms. The summed E-state index contributed by atoms with van der Waals surface area (Å²) >= 11 is 0. The van der Waals surface area contributed by atoms with E-state index in [0.29, 0.717) is 11.1 Å². The third-order valence-electron chi connectivity index (χ3n) is 3.30. The highest BCUT2D eigenvalue weighted by atomic mass is 19.1. The van der Waals surface area contributed by atoms with E-state index in [2.05, 4.69) is 33.0 Å². The molecule has 2 aromatic rings. The Morgan fingerprint density at radius 2 is 1.90 bits per heavy atom. The molecule has 4 heteroatoms. The van der Waals surface area contributed by atoms with E-state index in [0.717, 1.165) is 19.0 Å². The van der Waals surface area contributed by atoms with Crippen molar-refractivity contribution in [3.05, 3.63) is 35.6 Å². The first-order valence-electron chi connectivity index (χ1n) is 6.94.